The molecule has 32 heavy (non-hydrogen) atoms. The van der Waals surface area contributed by atoms with Crippen molar-refractivity contribution in [3.8, 4) is 0 Å². The van der Waals surface area contributed by atoms with Crippen molar-refractivity contribution in [3.05, 3.63) is 54.4 Å². The summed E-state index contributed by atoms with van der Waals surface area (Å²) >= 11 is 0. The number of piperazine rings is 1. The molecule has 2 aromatic rings. The fourth-order valence-electron chi connectivity index (χ4n) is 4.11. The first kappa shape index (κ1) is 22.0. The van der Waals surface area contributed by atoms with Crippen molar-refractivity contribution in [1.29, 1.82) is 0 Å². The minimum Gasteiger partial charge on any atom is -0.357 e. The standard InChI is InChI=1S/C24H33N7O/c1-2-25-22(29-19-24(10-11-24)20-7-4-3-5-8-20)26-14-9-21(32)30-15-17-31(18-16-30)23-27-12-6-13-28-23/h3-8,12-13H,2,9-11,14-19H2,1H3,(H2,25,26,29). The van der Waals surface area contributed by atoms with Gasteiger partial charge in [-0.2, -0.15) is 0 Å². The van der Waals surface area contributed by atoms with Gasteiger partial charge in [0.05, 0.1) is 6.54 Å². The maximum absolute atomic E-state index is 12.7. The predicted molar refractivity (Wildman–Crippen MR) is 127 cm³/mol. The van der Waals surface area contributed by atoms with E-state index >= 15 is 0 Å². The third-order valence-electron chi connectivity index (χ3n) is 6.22. The molecule has 2 N–H and O–H groups in total. The second-order valence-corrected chi connectivity index (χ2v) is 8.43. The molecule has 1 aromatic heterocycles. The summed E-state index contributed by atoms with van der Waals surface area (Å²) in [5.41, 5.74) is 1.55. The highest BCUT2D eigenvalue weighted by atomic mass is 16.2. The monoisotopic (exact) mass is 435 g/mol. The van der Waals surface area contributed by atoms with Crippen LogP contribution in [-0.2, 0) is 10.2 Å². The largest absolute Gasteiger partial charge is 0.357 e. The Labute approximate surface area is 190 Å². The van der Waals surface area contributed by atoms with Crippen molar-refractivity contribution in [2.24, 2.45) is 4.99 Å². The average Bonchev–Trinajstić information content (AvgIpc) is 3.65. The lowest BCUT2D eigenvalue weighted by molar-refractivity contribution is -0.131. The second-order valence-electron chi connectivity index (χ2n) is 8.43. The number of hydrogen-bond donors (Lipinski definition) is 2. The van der Waals surface area contributed by atoms with Crippen molar-refractivity contribution in [3.63, 3.8) is 0 Å². The van der Waals surface area contributed by atoms with Crippen LogP contribution in [0.2, 0.25) is 0 Å². The fourth-order valence-corrected chi connectivity index (χ4v) is 4.11. The molecule has 1 aliphatic carbocycles. The lowest BCUT2D eigenvalue weighted by Crippen LogP contribution is -2.50. The van der Waals surface area contributed by atoms with Crippen LogP contribution in [0.3, 0.4) is 0 Å². The van der Waals surface area contributed by atoms with E-state index in [4.69, 9.17) is 4.99 Å². The van der Waals surface area contributed by atoms with E-state index in [9.17, 15) is 4.79 Å². The number of hydrogen-bond acceptors (Lipinski definition) is 5. The van der Waals surface area contributed by atoms with Gasteiger partial charge in [-0.15, -0.1) is 0 Å². The first-order valence-electron chi connectivity index (χ1n) is 11.6. The molecular weight excluding hydrogens is 402 g/mol. The van der Waals surface area contributed by atoms with Gasteiger partial charge >= 0.3 is 0 Å². The van der Waals surface area contributed by atoms with Gasteiger partial charge in [0.25, 0.3) is 0 Å². The van der Waals surface area contributed by atoms with Crippen LogP contribution in [0, 0.1) is 0 Å². The van der Waals surface area contributed by atoms with Gasteiger partial charge in [0.1, 0.15) is 0 Å². The number of anilines is 1. The first-order valence-corrected chi connectivity index (χ1v) is 11.6. The highest BCUT2D eigenvalue weighted by molar-refractivity contribution is 5.81. The van der Waals surface area contributed by atoms with Crippen molar-refractivity contribution in [2.75, 3.05) is 50.7 Å². The molecule has 0 bridgehead atoms. The summed E-state index contributed by atoms with van der Waals surface area (Å²) in [4.78, 5) is 30.1. The van der Waals surface area contributed by atoms with E-state index in [1.807, 2.05) is 11.0 Å². The number of aliphatic imine (C=N–C) groups is 1. The summed E-state index contributed by atoms with van der Waals surface area (Å²) in [6.45, 7) is 7.11. The van der Waals surface area contributed by atoms with Crippen LogP contribution in [0.5, 0.6) is 0 Å². The first-order chi connectivity index (χ1) is 15.7. The van der Waals surface area contributed by atoms with E-state index in [-0.39, 0.29) is 11.3 Å². The zero-order chi connectivity index (χ0) is 22.2. The zero-order valence-electron chi connectivity index (χ0n) is 18.8. The number of carbonyl (C=O) groups excluding carboxylic acids is 1. The molecular formula is C24H33N7O. The topological polar surface area (TPSA) is 85.8 Å². The van der Waals surface area contributed by atoms with Gasteiger partial charge in [0.15, 0.2) is 5.96 Å². The van der Waals surface area contributed by atoms with Crippen molar-refractivity contribution in [1.82, 2.24) is 25.5 Å². The Morgan fingerprint density at radius 3 is 2.41 bits per heavy atom. The highest BCUT2D eigenvalue weighted by Gasteiger charge is 2.44. The quantitative estimate of drug-likeness (QED) is 0.486. The van der Waals surface area contributed by atoms with E-state index in [0.717, 1.165) is 38.1 Å². The van der Waals surface area contributed by atoms with Crippen LogP contribution in [0.1, 0.15) is 31.7 Å². The van der Waals surface area contributed by atoms with E-state index in [0.29, 0.717) is 26.1 Å². The van der Waals surface area contributed by atoms with Crippen molar-refractivity contribution < 1.29 is 4.79 Å². The summed E-state index contributed by atoms with van der Waals surface area (Å²) in [5.74, 6) is 1.69. The number of rotatable bonds is 8. The number of amides is 1. The number of aromatic nitrogens is 2. The number of nitrogens with one attached hydrogen (secondary N) is 2. The Balaban J connectivity index is 1.22. The summed E-state index contributed by atoms with van der Waals surface area (Å²) in [6.07, 6.45) is 6.31. The fraction of sp³-hybridized carbons (Fsp3) is 0.500. The van der Waals surface area contributed by atoms with Crippen LogP contribution < -0.4 is 15.5 Å². The lowest BCUT2D eigenvalue weighted by atomic mass is 9.96. The minimum atomic E-state index is 0.171. The Bertz CT molecular complexity index is 891. The highest BCUT2D eigenvalue weighted by Crippen LogP contribution is 2.48. The van der Waals surface area contributed by atoms with Gasteiger partial charge in [0, 0.05) is 63.5 Å². The van der Waals surface area contributed by atoms with E-state index in [1.165, 1.54) is 18.4 Å². The van der Waals surface area contributed by atoms with Crippen LogP contribution in [-0.4, -0.2) is 72.5 Å². The molecule has 0 spiro atoms. The van der Waals surface area contributed by atoms with E-state index < -0.39 is 0 Å². The van der Waals surface area contributed by atoms with E-state index in [1.54, 1.807) is 12.4 Å². The molecule has 1 saturated carbocycles. The molecule has 1 aromatic carbocycles. The molecule has 8 nitrogen and oxygen atoms in total. The van der Waals surface area contributed by atoms with Crippen molar-refractivity contribution in [2.45, 2.75) is 31.6 Å². The molecule has 8 heteroatoms. The predicted octanol–water partition coefficient (Wildman–Crippen LogP) is 1.80. The van der Waals surface area contributed by atoms with Crippen LogP contribution >= 0.6 is 0 Å². The molecule has 2 heterocycles. The maximum Gasteiger partial charge on any atom is 0.225 e. The Morgan fingerprint density at radius 1 is 1.03 bits per heavy atom. The van der Waals surface area contributed by atoms with Gasteiger partial charge < -0.3 is 20.4 Å². The van der Waals surface area contributed by atoms with E-state index in [2.05, 4.69) is 62.8 Å². The molecule has 0 radical (unpaired) electrons. The van der Waals surface area contributed by atoms with Gasteiger partial charge in [-0.3, -0.25) is 9.79 Å². The molecule has 2 aliphatic rings. The average molecular weight is 436 g/mol. The summed E-state index contributed by atoms with van der Waals surface area (Å²) in [7, 11) is 0. The Morgan fingerprint density at radius 2 is 1.75 bits per heavy atom. The number of guanidine groups is 1. The van der Waals surface area contributed by atoms with Crippen LogP contribution in [0.4, 0.5) is 5.95 Å². The summed E-state index contributed by atoms with van der Waals surface area (Å²) < 4.78 is 0. The molecule has 2 fully saturated rings. The molecule has 0 unspecified atom stereocenters. The molecule has 4 rings (SSSR count). The molecule has 1 aliphatic heterocycles. The minimum absolute atomic E-state index is 0.171. The normalized spacial score (nSPS) is 17.7. The van der Waals surface area contributed by atoms with Crippen molar-refractivity contribution >= 4 is 17.8 Å². The molecule has 1 saturated heterocycles. The van der Waals surface area contributed by atoms with Gasteiger partial charge in [0.2, 0.25) is 11.9 Å². The van der Waals surface area contributed by atoms with Crippen LogP contribution in [0.25, 0.3) is 0 Å². The van der Waals surface area contributed by atoms with Gasteiger partial charge in [-0.25, -0.2) is 9.97 Å². The summed E-state index contributed by atoms with van der Waals surface area (Å²) in [5, 5.41) is 6.64. The third kappa shape index (κ3) is 5.55. The molecule has 1 amide bonds. The van der Waals surface area contributed by atoms with Gasteiger partial charge in [-0.05, 0) is 31.4 Å². The summed E-state index contributed by atoms with van der Waals surface area (Å²) in [6, 6.07) is 12.5. The molecule has 170 valence electrons. The van der Waals surface area contributed by atoms with Crippen LogP contribution in [0.15, 0.2) is 53.8 Å². The number of nitrogens with zero attached hydrogens (tertiary/aromatic N) is 5. The lowest BCUT2D eigenvalue weighted by Gasteiger charge is -2.34. The number of carbonyl (C=O) groups is 1. The molecule has 0 atom stereocenters. The SMILES string of the molecule is CCNC(=NCC1(c2ccccc2)CC1)NCCC(=O)N1CCN(c2ncccn2)CC1. The Hall–Kier alpha value is -3.16. The number of benzene rings is 1. The smallest absolute Gasteiger partial charge is 0.225 e. The third-order valence-corrected chi connectivity index (χ3v) is 6.22. The second kappa shape index (κ2) is 10.4. The maximum atomic E-state index is 12.7. The zero-order valence-corrected chi connectivity index (χ0v) is 18.8. The Kier molecular flexibility index (Phi) is 7.19. The van der Waals surface area contributed by atoms with Gasteiger partial charge in [-0.1, -0.05) is 30.3 Å².